The van der Waals surface area contributed by atoms with Gasteiger partial charge in [0.2, 0.25) is 0 Å². The van der Waals surface area contributed by atoms with E-state index in [1.165, 1.54) is 23.5 Å². The fourth-order valence-corrected chi connectivity index (χ4v) is 2.94. The molecule has 0 unspecified atom stereocenters. The van der Waals surface area contributed by atoms with Crippen molar-refractivity contribution in [2.75, 3.05) is 0 Å². The molecule has 1 aromatic carbocycles. The molecule has 0 saturated carbocycles. The number of hydrogen-bond donors (Lipinski definition) is 0. The quantitative estimate of drug-likeness (QED) is 0.768. The van der Waals surface area contributed by atoms with Gasteiger partial charge in [0.25, 0.3) is 0 Å². The Labute approximate surface area is 111 Å². The SMILES string of the molecule is Cc1cc(C(=O)Cc2ccc(F)cc2)sc1Br. The topological polar surface area (TPSA) is 17.1 Å². The monoisotopic (exact) mass is 312 g/mol. The van der Waals surface area contributed by atoms with Crippen LogP contribution in [0.1, 0.15) is 20.8 Å². The third kappa shape index (κ3) is 3.01. The summed E-state index contributed by atoms with van der Waals surface area (Å²) in [4.78, 5) is 12.7. The fraction of sp³-hybridized carbons (Fsp3) is 0.154. The van der Waals surface area contributed by atoms with Crippen LogP contribution >= 0.6 is 27.3 Å². The van der Waals surface area contributed by atoms with Crippen LogP contribution in [0.25, 0.3) is 0 Å². The molecule has 1 nitrogen and oxygen atoms in total. The Bertz CT molecular complexity index is 526. The lowest BCUT2D eigenvalue weighted by Gasteiger charge is -1.98. The van der Waals surface area contributed by atoms with Gasteiger partial charge in [0.05, 0.1) is 8.66 Å². The van der Waals surface area contributed by atoms with Crippen molar-refractivity contribution in [2.24, 2.45) is 0 Å². The van der Waals surface area contributed by atoms with Crippen LogP contribution < -0.4 is 0 Å². The average Bonchev–Trinajstić information content (AvgIpc) is 2.63. The van der Waals surface area contributed by atoms with Crippen molar-refractivity contribution in [2.45, 2.75) is 13.3 Å². The molecule has 0 amide bonds. The maximum absolute atomic E-state index is 12.7. The standard InChI is InChI=1S/C13H10BrFOS/c1-8-6-12(17-13(8)14)11(16)7-9-2-4-10(15)5-3-9/h2-6H,7H2,1H3. The van der Waals surface area contributed by atoms with Crippen LogP contribution in [0.5, 0.6) is 0 Å². The molecule has 0 bridgehead atoms. The molecule has 0 spiro atoms. The van der Waals surface area contributed by atoms with Crippen LogP contribution in [0.15, 0.2) is 34.1 Å². The lowest BCUT2D eigenvalue weighted by Crippen LogP contribution is -2.00. The number of thiophene rings is 1. The zero-order chi connectivity index (χ0) is 12.4. The van der Waals surface area contributed by atoms with Crippen molar-refractivity contribution in [3.05, 3.63) is 55.9 Å². The minimum Gasteiger partial charge on any atom is -0.293 e. The molecule has 1 heterocycles. The van der Waals surface area contributed by atoms with E-state index in [-0.39, 0.29) is 11.6 Å². The minimum absolute atomic E-state index is 0.0652. The van der Waals surface area contributed by atoms with Gasteiger partial charge in [0.1, 0.15) is 5.82 Å². The van der Waals surface area contributed by atoms with Crippen molar-refractivity contribution in [3.8, 4) is 0 Å². The molecule has 4 heteroatoms. The summed E-state index contributed by atoms with van der Waals surface area (Å²) in [6.45, 7) is 1.95. The second-order valence-electron chi connectivity index (χ2n) is 3.79. The number of benzene rings is 1. The number of halogens is 2. The summed E-state index contributed by atoms with van der Waals surface area (Å²) in [5, 5.41) is 0. The van der Waals surface area contributed by atoms with Gasteiger partial charge in [-0.2, -0.15) is 0 Å². The number of hydrogen-bond acceptors (Lipinski definition) is 2. The van der Waals surface area contributed by atoms with Crippen LogP contribution in [-0.2, 0) is 6.42 Å². The highest BCUT2D eigenvalue weighted by Gasteiger charge is 2.11. The number of rotatable bonds is 3. The number of Topliss-reactive ketones (excluding diaryl/α,β-unsaturated/α-hetero) is 1. The van der Waals surface area contributed by atoms with Crippen molar-refractivity contribution >= 4 is 33.0 Å². The van der Waals surface area contributed by atoms with Gasteiger partial charge in [-0.05, 0) is 52.2 Å². The molecule has 0 aliphatic carbocycles. The van der Waals surface area contributed by atoms with Gasteiger partial charge >= 0.3 is 0 Å². The van der Waals surface area contributed by atoms with E-state index < -0.39 is 0 Å². The van der Waals surface area contributed by atoms with Gasteiger partial charge in [0.15, 0.2) is 5.78 Å². The van der Waals surface area contributed by atoms with Crippen LogP contribution in [0.3, 0.4) is 0 Å². The molecular weight excluding hydrogens is 303 g/mol. The smallest absolute Gasteiger partial charge is 0.177 e. The van der Waals surface area contributed by atoms with E-state index in [1.54, 1.807) is 12.1 Å². The summed E-state index contributed by atoms with van der Waals surface area (Å²) >= 11 is 4.83. The molecular formula is C13H10BrFOS. The summed E-state index contributed by atoms with van der Waals surface area (Å²) in [7, 11) is 0. The van der Waals surface area contributed by atoms with Gasteiger partial charge in [-0.1, -0.05) is 12.1 Å². The first kappa shape index (κ1) is 12.5. The van der Waals surface area contributed by atoms with Crippen LogP contribution in [0.2, 0.25) is 0 Å². The summed E-state index contributed by atoms with van der Waals surface area (Å²) in [5.74, 6) is -0.216. The lowest BCUT2D eigenvalue weighted by molar-refractivity contribution is 0.0996. The number of aryl methyl sites for hydroxylation is 1. The zero-order valence-electron chi connectivity index (χ0n) is 9.17. The summed E-state index contributed by atoms with van der Waals surface area (Å²) in [6, 6.07) is 7.91. The van der Waals surface area contributed by atoms with Gasteiger partial charge in [0, 0.05) is 6.42 Å². The first-order valence-corrected chi connectivity index (χ1v) is 6.71. The second kappa shape index (κ2) is 5.10. The van der Waals surface area contributed by atoms with Crippen LogP contribution in [0, 0.1) is 12.7 Å². The van der Waals surface area contributed by atoms with Gasteiger partial charge in [-0.25, -0.2) is 4.39 Å². The first-order valence-electron chi connectivity index (χ1n) is 5.10. The van der Waals surface area contributed by atoms with E-state index in [0.29, 0.717) is 6.42 Å². The molecule has 0 saturated heterocycles. The Morgan fingerprint density at radius 1 is 1.35 bits per heavy atom. The van der Waals surface area contributed by atoms with E-state index >= 15 is 0 Å². The molecule has 0 atom stereocenters. The highest BCUT2D eigenvalue weighted by molar-refractivity contribution is 9.11. The first-order chi connectivity index (χ1) is 8.06. The van der Waals surface area contributed by atoms with Gasteiger partial charge in [-0.15, -0.1) is 11.3 Å². The number of ketones is 1. The molecule has 0 fully saturated rings. The van der Waals surface area contributed by atoms with Crippen molar-refractivity contribution in [3.63, 3.8) is 0 Å². The summed E-state index contributed by atoms with van der Waals surface area (Å²) < 4.78 is 13.7. The third-order valence-corrected chi connectivity index (χ3v) is 4.59. The van der Waals surface area contributed by atoms with E-state index in [0.717, 1.165) is 19.8 Å². The van der Waals surface area contributed by atoms with Crippen LogP contribution in [-0.4, -0.2) is 5.78 Å². The van der Waals surface area contributed by atoms with E-state index in [9.17, 15) is 9.18 Å². The molecule has 2 rings (SSSR count). The number of carbonyl (C=O) groups excluding carboxylic acids is 1. The maximum atomic E-state index is 12.7. The van der Waals surface area contributed by atoms with Gasteiger partial charge in [-0.3, -0.25) is 4.79 Å². The molecule has 0 N–H and O–H groups in total. The highest BCUT2D eigenvalue weighted by Crippen LogP contribution is 2.28. The van der Waals surface area contributed by atoms with E-state index in [1.807, 2.05) is 13.0 Å². The molecule has 0 aliphatic rings. The van der Waals surface area contributed by atoms with Crippen molar-refractivity contribution < 1.29 is 9.18 Å². The van der Waals surface area contributed by atoms with Gasteiger partial charge < -0.3 is 0 Å². The molecule has 0 radical (unpaired) electrons. The van der Waals surface area contributed by atoms with E-state index in [2.05, 4.69) is 15.9 Å². The third-order valence-electron chi connectivity index (χ3n) is 2.41. The highest BCUT2D eigenvalue weighted by atomic mass is 79.9. The molecule has 17 heavy (non-hydrogen) atoms. The average molecular weight is 313 g/mol. The largest absolute Gasteiger partial charge is 0.293 e. The molecule has 1 aromatic heterocycles. The fourth-order valence-electron chi connectivity index (χ4n) is 1.47. The predicted octanol–water partition coefficient (Wildman–Crippen LogP) is 4.38. The minimum atomic E-state index is -0.282. The summed E-state index contributed by atoms with van der Waals surface area (Å²) in [6.07, 6.45) is 0.312. The lowest BCUT2D eigenvalue weighted by atomic mass is 10.1. The maximum Gasteiger partial charge on any atom is 0.177 e. The Morgan fingerprint density at radius 2 is 2.00 bits per heavy atom. The van der Waals surface area contributed by atoms with Crippen LogP contribution in [0.4, 0.5) is 4.39 Å². The predicted molar refractivity (Wildman–Crippen MR) is 71.2 cm³/mol. The number of carbonyl (C=O) groups is 1. The Hall–Kier alpha value is -1.00. The normalized spacial score (nSPS) is 10.5. The summed E-state index contributed by atoms with van der Waals surface area (Å²) in [5.41, 5.74) is 1.90. The molecule has 2 aromatic rings. The van der Waals surface area contributed by atoms with E-state index in [4.69, 9.17) is 0 Å². The van der Waals surface area contributed by atoms with Crippen molar-refractivity contribution in [1.29, 1.82) is 0 Å². The Kier molecular flexibility index (Phi) is 3.74. The molecule has 0 aliphatic heterocycles. The zero-order valence-corrected chi connectivity index (χ0v) is 11.6. The Balaban J connectivity index is 2.14. The Morgan fingerprint density at radius 3 is 2.53 bits per heavy atom. The van der Waals surface area contributed by atoms with Crippen molar-refractivity contribution in [1.82, 2.24) is 0 Å². The molecule has 88 valence electrons. The second-order valence-corrected chi connectivity index (χ2v) is 6.16.